The number of benzene rings is 2. The molecule has 0 spiro atoms. The van der Waals surface area contributed by atoms with Crippen LogP contribution >= 0.6 is 0 Å². The minimum Gasteiger partial charge on any atom is -0.507 e. The predicted molar refractivity (Wildman–Crippen MR) is 108 cm³/mol. The second kappa shape index (κ2) is 8.30. The first-order valence-electron chi connectivity index (χ1n) is 9.54. The van der Waals surface area contributed by atoms with E-state index in [1.807, 2.05) is 31.2 Å². The first-order valence-corrected chi connectivity index (χ1v) is 9.54. The maximum absolute atomic E-state index is 12.9. The summed E-state index contributed by atoms with van der Waals surface area (Å²) in [5, 5.41) is 11.0. The van der Waals surface area contributed by atoms with Crippen LogP contribution in [0.15, 0.2) is 54.1 Å². The maximum Gasteiger partial charge on any atom is 0.295 e. The molecule has 1 amide bonds. The smallest absolute Gasteiger partial charge is 0.295 e. The molecule has 1 N–H and O–H groups in total. The molecule has 1 fully saturated rings. The van der Waals surface area contributed by atoms with E-state index in [4.69, 9.17) is 4.74 Å². The van der Waals surface area contributed by atoms with Crippen molar-refractivity contribution in [2.24, 2.45) is 0 Å². The van der Waals surface area contributed by atoms with Crippen molar-refractivity contribution in [2.45, 2.75) is 32.7 Å². The summed E-state index contributed by atoms with van der Waals surface area (Å²) in [6.45, 7) is 4.46. The third kappa shape index (κ3) is 3.40. The zero-order chi connectivity index (χ0) is 20.3. The number of hydrogen-bond acceptors (Lipinski definition) is 4. The number of carbonyl (C=O) groups is 2. The van der Waals surface area contributed by atoms with Gasteiger partial charge in [-0.2, -0.15) is 0 Å². The Morgan fingerprint density at radius 3 is 2.36 bits per heavy atom. The number of likely N-dealkylation sites (tertiary alicyclic amines) is 1. The van der Waals surface area contributed by atoms with Crippen LogP contribution in [0.3, 0.4) is 0 Å². The van der Waals surface area contributed by atoms with Gasteiger partial charge in [-0.05, 0) is 36.1 Å². The Kier molecular flexibility index (Phi) is 5.83. The van der Waals surface area contributed by atoms with Crippen molar-refractivity contribution < 1.29 is 19.4 Å². The molecule has 1 atom stereocenters. The van der Waals surface area contributed by atoms with Gasteiger partial charge in [0.1, 0.15) is 11.5 Å². The summed E-state index contributed by atoms with van der Waals surface area (Å²) in [6.07, 6.45) is 1.61. The van der Waals surface area contributed by atoms with E-state index in [1.54, 1.807) is 29.2 Å². The molecule has 0 bridgehead atoms. The molecular weight excluding hydrogens is 354 g/mol. The van der Waals surface area contributed by atoms with Crippen molar-refractivity contribution >= 4 is 17.4 Å². The van der Waals surface area contributed by atoms with Crippen LogP contribution in [-0.4, -0.2) is 35.4 Å². The van der Waals surface area contributed by atoms with Crippen molar-refractivity contribution in [3.8, 4) is 5.75 Å². The van der Waals surface area contributed by atoms with Crippen molar-refractivity contribution in [1.29, 1.82) is 0 Å². The lowest BCUT2D eigenvalue weighted by atomic mass is 9.94. The number of aliphatic hydroxyl groups is 1. The van der Waals surface area contributed by atoms with Crippen molar-refractivity contribution in [3.63, 3.8) is 0 Å². The summed E-state index contributed by atoms with van der Waals surface area (Å²) in [7, 11) is 1.50. The highest BCUT2D eigenvalue weighted by Gasteiger charge is 2.45. The Morgan fingerprint density at radius 1 is 1.07 bits per heavy atom. The van der Waals surface area contributed by atoms with Crippen LogP contribution in [0.2, 0.25) is 0 Å². The number of hydrogen-bond donors (Lipinski definition) is 1. The fraction of sp³-hybridized carbons (Fsp3) is 0.304. The topological polar surface area (TPSA) is 66.8 Å². The number of ketones is 1. The molecule has 1 unspecified atom stereocenters. The van der Waals surface area contributed by atoms with Gasteiger partial charge in [-0.15, -0.1) is 0 Å². The molecule has 5 nitrogen and oxygen atoms in total. The summed E-state index contributed by atoms with van der Waals surface area (Å²) in [6, 6.07) is 14.1. The summed E-state index contributed by atoms with van der Waals surface area (Å²) >= 11 is 0. The van der Waals surface area contributed by atoms with E-state index in [0.717, 1.165) is 12.0 Å². The average Bonchev–Trinajstić information content (AvgIpc) is 2.98. The molecule has 1 saturated heterocycles. The molecule has 1 heterocycles. The highest BCUT2D eigenvalue weighted by Crippen LogP contribution is 2.40. The lowest BCUT2D eigenvalue weighted by Gasteiger charge is -2.25. The molecule has 3 rings (SSSR count). The van der Waals surface area contributed by atoms with Crippen LogP contribution in [-0.2, 0) is 16.0 Å². The number of para-hydroxylation sites is 1. The number of methoxy groups -OCH3 is 1. The Hall–Kier alpha value is -3.08. The van der Waals surface area contributed by atoms with E-state index in [2.05, 4.69) is 6.92 Å². The predicted octanol–water partition coefficient (Wildman–Crippen LogP) is 4.09. The molecule has 1 aliphatic rings. The monoisotopic (exact) mass is 379 g/mol. The van der Waals surface area contributed by atoms with Crippen LogP contribution in [0.5, 0.6) is 5.75 Å². The lowest BCUT2D eigenvalue weighted by Crippen LogP contribution is -2.30. The number of Topliss-reactive ketones (excluding diaryl/α,β-unsaturated/α-hetero) is 1. The molecule has 0 saturated carbocycles. The minimum absolute atomic E-state index is 0.104. The largest absolute Gasteiger partial charge is 0.507 e. The van der Waals surface area contributed by atoms with Crippen LogP contribution in [0.1, 0.15) is 43.0 Å². The Bertz CT molecular complexity index is 914. The van der Waals surface area contributed by atoms with Gasteiger partial charge in [-0.1, -0.05) is 50.2 Å². The SMILES string of the molecule is CCCN1C(=O)C(=O)/C(=C(\O)c2ccccc2OC)C1c1ccc(CC)cc1. The van der Waals surface area contributed by atoms with Gasteiger partial charge in [0.2, 0.25) is 0 Å². The number of amides is 1. The number of aliphatic hydroxyl groups excluding tert-OH is 1. The third-order valence-corrected chi connectivity index (χ3v) is 5.07. The quantitative estimate of drug-likeness (QED) is 0.466. The summed E-state index contributed by atoms with van der Waals surface area (Å²) in [4.78, 5) is 27.1. The summed E-state index contributed by atoms with van der Waals surface area (Å²) < 4.78 is 5.33. The van der Waals surface area contributed by atoms with Crippen LogP contribution in [0, 0.1) is 0 Å². The summed E-state index contributed by atoms with van der Waals surface area (Å²) in [5.41, 5.74) is 2.48. The molecule has 2 aromatic carbocycles. The van der Waals surface area contributed by atoms with E-state index >= 15 is 0 Å². The normalized spacial score (nSPS) is 18.5. The molecule has 146 valence electrons. The Morgan fingerprint density at radius 2 is 1.75 bits per heavy atom. The lowest BCUT2D eigenvalue weighted by molar-refractivity contribution is -0.139. The Balaban J connectivity index is 2.20. The fourth-order valence-electron chi connectivity index (χ4n) is 3.62. The van der Waals surface area contributed by atoms with Gasteiger partial charge in [-0.3, -0.25) is 9.59 Å². The van der Waals surface area contributed by atoms with Crippen molar-refractivity contribution in [2.75, 3.05) is 13.7 Å². The van der Waals surface area contributed by atoms with E-state index < -0.39 is 17.7 Å². The zero-order valence-electron chi connectivity index (χ0n) is 16.4. The van der Waals surface area contributed by atoms with Gasteiger partial charge in [0.25, 0.3) is 11.7 Å². The summed E-state index contributed by atoms with van der Waals surface area (Å²) in [5.74, 6) is -1.01. The standard InChI is InChI=1S/C23H25NO4/c1-4-14-24-20(16-12-10-15(5-2)11-13-16)19(22(26)23(24)27)21(25)17-8-6-7-9-18(17)28-3/h6-13,20,25H,4-5,14H2,1-3H3/b21-19-. The van der Waals surface area contributed by atoms with Gasteiger partial charge in [0.15, 0.2) is 0 Å². The molecule has 1 aliphatic heterocycles. The molecule has 0 aliphatic carbocycles. The van der Waals surface area contributed by atoms with Crippen LogP contribution in [0.4, 0.5) is 0 Å². The first-order chi connectivity index (χ1) is 13.5. The first kappa shape index (κ1) is 19.7. The molecule has 2 aromatic rings. The van der Waals surface area contributed by atoms with Gasteiger partial charge in [-0.25, -0.2) is 0 Å². The van der Waals surface area contributed by atoms with E-state index in [-0.39, 0.29) is 11.3 Å². The van der Waals surface area contributed by atoms with Gasteiger partial charge in [0, 0.05) is 6.54 Å². The van der Waals surface area contributed by atoms with Gasteiger partial charge < -0.3 is 14.7 Å². The van der Waals surface area contributed by atoms with E-state index in [9.17, 15) is 14.7 Å². The molecule has 0 aromatic heterocycles. The number of nitrogens with zero attached hydrogens (tertiary/aromatic N) is 1. The van der Waals surface area contributed by atoms with E-state index in [1.165, 1.54) is 12.7 Å². The maximum atomic E-state index is 12.9. The minimum atomic E-state index is -0.665. The molecule has 0 radical (unpaired) electrons. The van der Waals surface area contributed by atoms with Crippen molar-refractivity contribution in [3.05, 3.63) is 70.8 Å². The fourth-order valence-corrected chi connectivity index (χ4v) is 3.62. The van der Waals surface area contributed by atoms with Gasteiger partial charge in [0.05, 0.1) is 24.3 Å². The molecule has 28 heavy (non-hydrogen) atoms. The highest BCUT2D eigenvalue weighted by atomic mass is 16.5. The number of rotatable bonds is 6. The number of aryl methyl sites for hydroxylation is 1. The molecular formula is C23H25NO4. The van der Waals surface area contributed by atoms with E-state index in [0.29, 0.717) is 24.3 Å². The van der Waals surface area contributed by atoms with Gasteiger partial charge >= 0.3 is 0 Å². The molecule has 5 heteroatoms. The van der Waals surface area contributed by atoms with Crippen LogP contribution in [0.25, 0.3) is 5.76 Å². The van der Waals surface area contributed by atoms with Crippen LogP contribution < -0.4 is 4.74 Å². The zero-order valence-corrected chi connectivity index (χ0v) is 16.4. The third-order valence-electron chi connectivity index (χ3n) is 5.07. The number of ether oxygens (including phenoxy) is 1. The second-order valence-electron chi connectivity index (χ2n) is 6.79. The Labute approximate surface area is 165 Å². The van der Waals surface area contributed by atoms with Crippen molar-refractivity contribution in [1.82, 2.24) is 4.90 Å². The highest BCUT2D eigenvalue weighted by molar-refractivity contribution is 6.46. The average molecular weight is 379 g/mol. The number of carbonyl (C=O) groups excluding carboxylic acids is 2. The second-order valence-corrected chi connectivity index (χ2v) is 6.79.